The Balaban J connectivity index is 2.49. The van der Waals surface area contributed by atoms with Crippen molar-refractivity contribution in [2.75, 3.05) is 5.32 Å². The fraction of sp³-hybridized carbons (Fsp3) is 0.143. The Morgan fingerprint density at radius 2 is 2.00 bits per heavy atom. The Hall–Kier alpha value is -1.93. The number of benzene rings is 1. The molecule has 1 N–H and O–H groups in total. The minimum Gasteiger partial charge on any atom is -0.353 e. The maximum absolute atomic E-state index is 13.3. The second kappa shape index (κ2) is 5.37. The molecule has 2 aromatic rings. The van der Waals surface area contributed by atoms with Crippen LogP contribution in [0.2, 0.25) is 0 Å². The van der Waals surface area contributed by atoms with E-state index in [-0.39, 0.29) is 5.82 Å². The molecule has 0 spiro atoms. The van der Waals surface area contributed by atoms with Gasteiger partial charge in [0.1, 0.15) is 11.9 Å². The average molecular weight is 320 g/mol. The molecule has 1 heterocycles. The Bertz CT molecular complexity index is 677. The summed E-state index contributed by atoms with van der Waals surface area (Å²) in [6, 6.07) is 8.23. The van der Waals surface area contributed by atoms with Gasteiger partial charge in [-0.25, -0.2) is 4.39 Å². The quantitative estimate of drug-likeness (QED) is 0.901. The standard InChI is InChI=1S/C14H11BrFN3/c1-8-5-13(11(7-17)9(2)18-8)19-14-6-10(16)3-4-12(14)15/h3-6H,1-2H3,(H,18,19). The van der Waals surface area contributed by atoms with Crippen molar-refractivity contribution in [1.29, 1.82) is 5.26 Å². The van der Waals surface area contributed by atoms with Crippen LogP contribution in [0.5, 0.6) is 0 Å². The molecule has 0 saturated carbocycles. The number of pyridine rings is 1. The zero-order chi connectivity index (χ0) is 14.0. The molecule has 0 radical (unpaired) electrons. The van der Waals surface area contributed by atoms with E-state index in [0.29, 0.717) is 22.6 Å². The average Bonchev–Trinajstić information content (AvgIpc) is 2.33. The van der Waals surface area contributed by atoms with E-state index >= 15 is 0 Å². The molecule has 0 saturated heterocycles. The number of hydrogen-bond acceptors (Lipinski definition) is 3. The fourth-order valence-electron chi connectivity index (χ4n) is 1.81. The van der Waals surface area contributed by atoms with Gasteiger partial charge in [-0.3, -0.25) is 4.98 Å². The van der Waals surface area contributed by atoms with Crippen LogP contribution in [0.25, 0.3) is 0 Å². The summed E-state index contributed by atoms with van der Waals surface area (Å²) in [4.78, 5) is 4.24. The van der Waals surface area contributed by atoms with Crippen LogP contribution in [0.15, 0.2) is 28.7 Å². The molecule has 96 valence electrons. The molecular formula is C14H11BrFN3. The van der Waals surface area contributed by atoms with E-state index in [1.54, 1.807) is 19.1 Å². The molecule has 19 heavy (non-hydrogen) atoms. The molecule has 0 bridgehead atoms. The minimum atomic E-state index is -0.341. The Kier molecular flexibility index (Phi) is 3.82. The van der Waals surface area contributed by atoms with Crippen molar-refractivity contribution in [3.05, 3.63) is 51.5 Å². The molecule has 0 aliphatic heterocycles. The monoisotopic (exact) mass is 319 g/mol. The first-order valence-electron chi connectivity index (χ1n) is 5.61. The second-order valence-corrected chi connectivity index (χ2v) is 4.99. The van der Waals surface area contributed by atoms with E-state index in [1.807, 2.05) is 6.92 Å². The third-order valence-electron chi connectivity index (χ3n) is 2.64. The summed E-state index contributed by atoms with van der Waals surface area (Å²) in [5.41, 5.74) is 3.10. The van der Waals surface area contributed by atoms with Crippen LogP contribution in [0.4, 0.5) is 15.8 Å². The molecule has 1 aromatic carbocycles. The van der Waals surface area contributed by atoms with Crippen molar-refractivity contribution in [2.45, 2.75) is 13.8 Å². The summed E-state index contributed by atoms with van der Waals surface area (Å²) in [6.45, 7) is 3.62. The number of aryl methyl sites for hydroxylation is 2. The topological polar surface area (TPSA) is 48.7 Å². The van der Waals surface area contributed by atoms with E-state index in [9.17, 15) is 9.65 Å². The van der Waals surface area contributed by atoms with E-state index in [4.69, 9.17) is 0 Å². The van der Waals surface area contributed by atoms with Crippen molar-refractivity contribution < 1.29 is 4.39 Å². The first-order chi connectivity index (χ1) is 9.01. The predicted octanol–water partition coefficient (Wildman–Crippen LogP) is 4.22. The van der Waals surface area contributed by atoms with Crippen molar-refractivity contribution in [1.82, 2.24) is 4.98 Å². The number of aromatic nitrogens is 1. The lowest BCUT2D eigenvalue weighted by molar-refractivity contribution is 0.628. The second-order valence-electron chi connectivity index (χ2n) is 4.13. The molecule has 0 unspecified atom stereocenters. The number of nitrogens with zero attached hydrogens (tertiary/aromatic N) is 2. The molecule has 0 fully saturated rings. The minimum absolute atomic E-state index is 0.341. The summed E-state index contributed by atoms with van der Waals surface area (Å²) < 4.78 is 14.0. The molecule has 2 rings (SSSR count). The zero-order valence-corrected chi connectivity index (χ0v) is 12.0. The summed E-state index contributed by atoms with van der Waals surface area (Å²) in [5, 5.41) is 12.2. The molecule has 0 amide bonds. The van der Waals surface area contributed by atoms with E-state index in [2.05, 4.69) is 32.3 Å². The SMILES string of the molecule is Cc1cc(Nc2cc(F)ccc2Br)c(C#N)c(C)n1. The van der Waals surface area contributed by atoms with E-state index in [1.165, 1.54) is 12.1 Å². The lowest BCUT2D eigenvalue weighted by atomic mass is 10.1. The van der Waals surface area contributed by atoms with Gasteiger partial charge < -0.3 is 5.32 Å². The highest BCUT2D eigenvalue weighted by atomic mass is 79.9. The third kappa shape index (κ3) is 2.91. The lowest BCUT2D eigenvalue weighted by Crippen LogP contribution is -2.00. The number of hydrogen-bond donors (Lipinski definition) is 1. The van der Waals surface area contributed by atoms with Gasteiger partial charge in [0.2, 0.25) is 0 Å². The number of halogens is 2. The zero-order valence-electron chi connectivity index (χ0n) is 10.5. The van der Waals surface area contributed by atoms with Gasteiger partial charge in [-0.15, -0.1) is 0 Å². The lowest BCUT2D eigenvalue weighted by Gasteiger charge is -2.12. The summed E-state index contributed by atoms with van der Waals surface area (Å²) in [7, 11) is 0. The fourth-order valence-corrected chi connectivity index (χ4v) is 2.15. The molecule has 0 aliphatic carbocycles. The molecule has 5 heteroatoms. The number of rotatable bonds is 2. The van der Waals surface area contributed by atoms with Crippen LogP contribution in [-0.4, -0.2) is 4.98 Å². The molecular weight excluding hydrogens is 309 g/mol. The summed E-state index contributed by atoms with van der Waals surface area (Å²) in [6.07, 6.45) is 0. The van der Waals surface area contributed by atoms with Crippen molar-refractivity contribution in [3.63, 3.8) is 0 Å². The van der Waals surface area contributed by atoms with Gasteiger partial charge >= 0.3 is 0 Å². The number of nitriles is 1. The van der Waals surface area contributed by atoms with Crippen molar-refractivity contribution >= 4 is 27.3 Å². The molecule has 0 aliphatic rings. The maximum atomic E-state index is 13.3. The molecule has 0 atom stereocenters. The van der Waals surface area contributed by atoms with Gasteiger partial charge in [-0.05, 0) is 54.0 Å². The highest BCUT2D eigenvalue weighted by molar-refractivity contribution is 9.10. The van der Waals surface area contributed by atoms with Crippen molar-refractivity contribution in [3.8, 4) is 6.07 Å². The van der Waals surface area contributed by atoms with Gasteiger partial charge in [0.05, 0.1) is 22.6 Å². The smallest absolute Gasteiger partial charge is 0.125 e. The number of nitrogens with one attached hydrogen (secondary N) is 1. The number of anilines is 2. The van der Waals surface area contributed by atoms with E-state index < -0.39 is 0 Å². The Morgan fingerprint density at radius 1 is 1.26 bits per heavy atom. The first-order valence-corrected chi connectivity index (χ1v) is 6.41. The van der Waals surface area contributed by atoms with Crippen LogP contribution < -0.4 is 5.32 Å². The normalized spacial score (nSPS) is 10.1. The molecule has 1 aromatic heterocycles. The molecule has 3 nitrogen and oxygen atoms in total. The highest BCUT2D eigenvalue weighted by Gasteiger charge is 2.10. The van der Waals surface area contributed by atoms with Crippen LogP contribution in [-0.2, 0) is 0 Å². The Morgan fingerprint density at radius 3 is 2.68 bits per heavy atom. The maximum Gasteiger partial charge on any atom is 0.125 e. The van der Waals surface area contributed by atoms with Crippen LogP contribution >= 0.6 is 15.9 Å². The highest BCUT2D eigenvalue weighted by Crippen LogP contribution is 2.29. The van der Waals surface area contributed by atoms with Crippen LogP contribution in [0, 0.1) is 31.0 Å². The van der Waals surface area contributed by atoms with Crippen LogP contribution in [0.1, 0.15) is 17.0 Å². The van der Waals surface area contributed by atoms with Gasteiger partial charge in [-0.2, -0.15) is 5.26 Å². The first kappa shape index (κ1) is 13.5. The van der Waals surface area contributed by atoms with Gasteiger partial charge in [0, 0.05) is 10.2 Å². The van der Waals surface area contributed by atoms with Gasteiger partial charge in [-0.1, -0.05) is 0 Å². The van der Waals surface area contributed by atoms with Gasteiger partial charge in [0.15, 0.2) is 0 Å². The van der Waals surface area contributed by atoms with Gasteiger partial charge in [0.25, 0.3) is 0 Å². The third-order valence-corrected chi connectivity index (χ3v) is 3.33. The van der Waals surface area contributed by atoms with Crippen molar-refractivity contribution in [2.24, 2.45) is 0 Å². The predicted molar refractivity (Wildman–Crippen MR) is 75.8 cm³/mol. The Labute approximate surface area is 119 Å². The van der Waals surface area contributed by atoms with E-state index in [0.717, 1.165) is 10.2 Å². The summed E-state index contributed by atoms with van der Waals surface area (Å²) >= 11 is 3.34. The summed E-state index contributed by atoms with van der Waals surface area (Å²) in [5.74, 6) is -0.341. The van der Waals surface area contributed by atoms with Crippen LogP contribution in [0.3, 0.4) is 0 Å². The largest absolute Gasteiger partial charge is 0.353 e.